The molecule has 1 aromatic rings. The summed E-state index contributed by atoms with van der Waals surface area (Å²) in [4.78, 5) is 0. The third kappa shape index (κ3) is 3.16. The van der Waals surface area contributed by atoms with Gasteiger partial charge in [-0.25, -0.2) is 0 Å². The van der Waals surface area contributed by atoms with E-state index in [-0.39, 0.29) is 11.3 Å². The highest BCUT2D eigenvalue weighted by Gasteiger charge is 2.52. The van der Waals surface area contributed by atoms with Crippen LogP contribution in [0.25, 0.3) is 0 Å². The quantitative estimate of drug-likeness (QED) is 0.881. The van der Waals surface area contributed by atoms with E-state index in [2.05, 4.69) is 0 Å². The molecule has 0 bridgehead atoms. The predicted molar refractivity (Wildman–Crippen MR) is 62.4 cm³/mol. The fourth-order valence-corrected chi connectivity index (χ4v) is 1.44. The first-order valence-corrected chi connectivity index (χ1v) is 5.53. The van der Waals surface area contributed by atoms with Gasteiger partial charge in [0.25, 0.3) is 0 Å². The lowest BCUT2D eigenvalue weighted by Gasteiger charge is -2.31. The van der Waals surface area contributed by atoms with E-state index in [0.29, 0.717) is 0 Å². The molecule has 1 N–H and O–H groups in total. The topological polar surface area (TPSA) is 29.5 Å². The Balaban J connectivity index is 3.26. The Kier molecular flexibility index (Phi) is 3.68. The van der Waals surface area contributed by atoms with Crippen molar-refractivity contribution in [3.05, 3.63) is 29.8 Å². The Morgan fingerprint density at radius 2 is 1.50 bits per heavy atom. The third-order valence-electron chi connectivity index (χ3n) is 2.38. The van der Waals surface area contributed by atoms with Crippen molar-refractivity contribution in [2.45, 2.75) is 45.1 Å². The molecule has 0 fully saturated rings. The van der Waals surface area contributed by atoms with Gasteiger partial charge in [-0.3, -0.25) is 0 Å². The summed E-state index contributed by atoms with van der Waals surface area (Å²) in [6, 6.07) is 5.64. The van der Waals surface area contributed by atoms with Crippen LogP contribution < -0.4 is 4.74 Å². The Bertz CT molecular complexity index is 417. The monoisotopic (exact) mass is 262 g/mol. The Morgan fingerprint density at radius 1 is 1.00 bits per heavy atom. The smallest absolute Gasteiger partial charge is 0.421 e. The van der Waals surface area contributed by atoms with E-state index in [4.69, 9.17) is 4.74 Å². The van der Waals surface area contributed by atoms with Crippen LogP contribution in [-0.2, 0) is 5.60 Å². The molecule has 0 aromatic heterocycles. The Hall–Kier alpha value is -1.23. The summed E-state index contributed by atoms with van der Waals surface area (Å²) in [6.07, 6.45) is -4.76. The highest BCUT2D eigenvalue weighted by molar-refractivity contribution is 5.39. The van der Waals surface area contributed by atoms with Gasteiger partial charge in [0.1, 0.15) is 11.4 Å². The van der Waals surface area contributed by atoms with E-state index < -0.39 is 17.4 Å². The largest absolute Gasteiger partial charge is 0.488 e. The molecule has 1 aromatic carbocycles. The lowest BCUT2D eigenvalue weighted by atomic mass is 9.94. The number of hydrogen-bond donors (Lipinski definition) is 1. The molecule has 1 atom stereocenters. The number of aliphatic hydroxyl groups is 1. The SMILES string of the molecule is CC(C)(C)Oc1ccccc1C(C)(O)C(F)(F)F. The van der Waals surface area contributed by atoms with Crippen LogP contribution in [0.3, 0.4) is 0 Å². The van der Waals surface area contributed by atoms with Crippen molar-refractivity contribution < 1.29 is 23.0 Å². The number of para-hydroxylation sites is 1. The van der Waals surface area contributed by atoms with Crippen molar-refractivity contribution in [2.24, 2.45) is 0 Å². The summed E-state index contributed by atoms with van der Waals surface area (Å²) < 4.78 is 43.9. The van der Waals surface area contributed by atoms with Crippen molar-refractivity contribution in [3.63, 3.8) is 0 Å². The van der Waals surface area contributed by atoms with Crippen LogP contribution in [0.4, 0.5) is 13.2 Å². The van der Waals surface area contributed by atoms with E-state index in [1.54, 1.807) is 26.8 Å². The second-order valence-electron chi connectivity index (χ2n) is 5.28. The molecule has 18 heavy (non-hydrogen) atoms. The zero-order valence-electron chi connectivity index (χ0n) is 10.8. The van der Waals surface area contributed by atoms with Gasteiger partial charge in [0.05, 0.1) is 0 Å². The van der Waals surface area contributed by atoms with E-state index in [0.717, 1.165) is 6.92 Å². The highest BCUT2D eigenvalue weighted by atomic mass is 19.4. The minimum Gasteiger partial charge on any atom is -0.488 e. The van der Waals surface area contributed by atoms with Crippen LogP contribution in [0.2, 0.25) is 0 Å². The van der Waals surface area contributed by atoms with Gasteiger partial charge in [0, 0.05) is 5.56 Å². The maximum absolute atomic E-state index is 12.8. The maximum Gasteiger partial charge on any atom is 0.421 e. The van der Waals surface area contributed by atoms with Gasteiger partial charge in [0.15, 0.2) is 5.60 Å². The van der Waals surface area contributed by atoms with Crippen LogP contribution in [0, 0.1) is 0 Å². The first-order chi connectivity index (χ1) is 7.95. The Labute approximate surface area is 104 Å². The van der Waals surface area contributed by atoms with Crippen molar-refractivity contribution >= 4 is 0 Å². The zero-order chi connectivity index (χ0) is 14.2. The van der Waals surface area contributed by atoms with Crippen LogP contribution in [0.15, 0.2) is 24.3 Å². The van der Waals surface area contributed by atoms with Crippen molar-refractivity contribution in [3.8, 4) is 5.75 Å². The number of benzene rings is 1. The fraction of sp³-hybridized carbons (Fsp3) is 0.538. The Morgan fingerprint density at radius 3 is 1.94 bits per heavy atom. The van der Waals surface area contributed by atoms with Gasteiger partial charge in [0.2, 0.25) is 0 Å². The molecule has 5 heteroatoms. The molecular formula is C13H17F3O2. The van der Waals surface area contributed by atoms with Gasteiger partial charge < -0.3 is 9.84 Å². The summed E-state index contributed by atoms with van der Waals surface area (Å²) in [5.41, 5.74) is -3.86. The van der Waals surface area contributed by atoms with Crippen LogP contribution in [0.1, 0.15) is 33.3 Å². The average Bonchev–Trinajstić information content (AvgIpc) is 2.13. The van der Waals surface area contributed by atoms with Crippen LogP contribution >= 0.6 is 0 Å². The lowest BCUT2D eigenvalue weighted by molar-refractivity contribution is -0.259. The van der Waals surface area contributed by atoms with Crippen LogP contribution in [0.5, 0.6) is 5.75 Å². The summed E-state index contributed by atoms with van der Waals surface area (Å²) in [7, 11) is 0. The lowest BCUT2D eigenvalue weighted by Crippen LogP contribution is -2.40. The summed E-state index contributed by atoms with van der Waals surface area (Å²) in [5.74, 6) is 0.0346. The molecule has 0 aliphatic rings. The number of alkyl halides is 3. The fourth-order valence-electron chi connectivity index (χ4n) is 1.44. The molecule has 0 aliphatic carbocycles. The van der Waals surface area contributed by atoms with Crippen LogP contribution in [-0.4, -0.2) is 16.9 Å². The number of halogens is 3. The summed E-state index contributed by atoms with van der Waals surface area (Å²) in [5, 5.41) is 9.69. The molecule has 0 amide bonds. The van der Waals surface area contributed by atoms with Gasteiger partial charge in [-0.05, 0) is 33.8 Å². The maximum atomic E-state index is 12.8. The van der Waals surface area contributed by atoms with E-state index in [1.165, 1.54) is 18.2 Å². The molecule has 0 heterocycles. The number of ether oxygens (including phenoxy) is 1. The second-order valence-corrected chi connectivity index (χ2v) is 5.28. The van der Waals surface area contributed by atoms with Crippen molar-refractivity contribution in [1.82, 2.24) is 0 Å². The molecule has 102 valence electrons. The zero-order valence-corrected chi connectivity index (χ0v) is 10.8. The molecule has 0 saturated heterocycles. The summed E-state index contributed by atoms with van der Waals surface area (Å²) >= 11 is 0. The first-order valence-electron chi connectivity index (χ1n) is 5.53. The van der Waals surface area contributed by atoms with Crippen molar-refractivity contribution in [1.29, 1.82) is 0 Å². The second kappa shape index (κ2) is 4.46. The number of rotatable bonds is 2. The first kappa shape index (κ1) is 14.8. The average molecular weight is 262 g/mol. The molecular weight excluding hydrogens is 245 g/mol. The predicted octanol–water partition coefficient (Wildman–Crippen LogP) is 3.63. The van der Waals surface area contributed by atoms with E-state index in [9.17, 15) is 18.3 Å². The molecule has 1 rings (SSSR count). The molecule has 2 nitrogen and oxygen atoms in total. The molecule has 0 aliphatic heterocycles. The van der Waals surface area contributed by atoms with Gasteiger partial charge in [-0.2, -0.15) is 13.2 Å². The normalized spacial score (nSPS) is 16.2. The molecule has 0 spiro atoms. The van der Waals surface area contributed by atoms with Gasteiger partial charge in [-0.15, -0.1) is 0 Å². The third-order valence-corrected chi connectivity index (χ3v) is 2.38. The van der Waals surface area contributed by atoms with Crippen molar-refractivity contribution in [2.75, 3.05) is 0 Å². The molecule has 0 saturated carbocycles. The molecule has 0 radical (unpaired) electrons. The number of hydrogen-bond acceptors (Lipinski definition) is 2. The van der Waals surface area contributed by atoms with Gasteiger partial charge in [-0.1, -0.05) is 18.2 Å². The standard InChI is InChI=1S/C13H17F3O2/c1-11(2,3)18-10-8-6-5-7-9(10)12(4,17)13(14,15)16/h5-8,17H,1-4H3. The van der Waals surface area contributed by atoms with E-state index in [1.807, 2.05) is 0 Å². The minimum absolute atomic E-state index is 0.0346. The molecule has 1 unspecified atom stereocenters. The van der Waals surface area contributed by atoms with Gasteiger partial charge >= 0.3 is 6.18 Å². The minimum atomic E-state index is -4.76. The summed E-state index contributed by atoms with van der Waals surface area (Å²) in [6.45, 7) is 5.90. The highest BCUT2D eigenvalue weighted by Crippen LogP contribution is 2.42. The van der Waals surface area contributed by atoms with E-state index >= 15 is 0 Å².